The van der Waals surface area contributed by atoms with Gasteiger partial charge < -0.3 is 14.6 Å². The lowest BCUT2D eigenvalue weighted by Crippen LogP contribution is -2.24. The third-order valence-corrected chi connectivity index (χ3v) is 1.16. The van der Waals surface area contributed by atoms with Crippen LogP contribution in [-0.2, 0) is 14.3 Å². The molecule has 0 spiro atoms. The number of hydrogen-bond donors (Lipinski definition) is 1. The maximum absolute atomic E-state index is 10.5. The molecular formula is C6H8O4. The number of hydrogen-bond acceptors (Lipinski definition) is 4. The van der Waals surface area contributed by atoms with Crippen molar-refractivity contribution in [3.05, 3.63) is 12.7 Å². The fourth-order valence-electron chi connectivity index (χ4n) is 0.488. The lowest BCUT2D eigenvalue weighted by molar-refractivity contribution is -0.156. The zero-order valence-corrected chi connectivity index (χ0v) is 5.37. The molecule has 56 valence electrons. The normalized spacial score (nSPS) is 29.3. The molecule has 0 aliphatic carbocycles. The van der Waals surface area contributed by atoms with Crippen LogP contribution in [0.3, 0.4) is 0 Å². The summed E-state index contributed by atoms with van der Waals surface area (Å²) < 4.78 is 9.30. The molecule has 0 amide bonds. The minimum atomic E-state index is -1.05. The number of rotatable bonds is 3. The predicted octanol–water partition coefficient (Wildman–Crippen LogP) is -0.566. The van der Waals surface area contributed by atoms with Crippen LogP contribution in [0.4, 0.5) is 0 Å². The first-order valence-corrected chi connectivity index (χ1v) is 2.83. The molecule has 1 heterocycles. The quantitative estimate of drug-likeness (QED) is 0.327. The highest BCUT2D eigenvalue weighted by Crippen LogP contribution is 2.27. The first kappa shape index (κ1) is 7.24. The maximum Gasteiger partial charge on any atom is 0.332 e. The van der Waals surface area contributed by atoms with Crippen LogP contribution in [0.1, 0.15) is 0 Å². The Kier molecular flexibility index (Phi) is 1.74. The van der Waals surface area contributed by atoms with Crippen LogP contribution in [0, 0.1) is 0 Å². The average molecular weight is 144 g/mol. The van der Waals surface area contributed by atoms with E-state index in [0.717, 1.165) is 6.08 Å². The third kappa shape index (κ3) is 1.34. The Morgan fingerprint density at radius 2 is 2.60 bits per heavy atom. The van der Waals surface area contributed by atoms with Crippen LogP contribution >= 0.6 is 0 Å². The van der Waals surface area contributed by atoms with Crippen LogP contribution in [0.2, 0.25) is 0 Å². The van der Waals surface area contributed by atoms with Gasteiger partial charge in [0.05, 0.1) is 0 Å². The molecule has 1 N–H and O–H groups in total. The summed E-state index contributed by atoms with van der Waals surface area (Å²) in [6.07, 6.45) is 1.03. The molecule has 1 aliphatic heterocycles. The van der Waals surface area contributed by atoms with Crippen LogP contribution in [0.25, 0.3) is 0 Å². The van der Waals surface area contributed by atoms with Crippen LogP contribution in [-0.4, -0.2) is 30.1 Å². The van der Waals surface area contributed by atoms with Crippen LogP contribution < -0.4 is 0 Å². The summed E-state index contributed by atoms with van der Waals surface area (Å²) in [5, 5.41) is 8.56. The van der Waals surface area contributed by atoms with Crippen molar-refractivity contribution in [1.82, 2.24) is 0 Å². The second kappa shape index (κ2) is 2.40. The van der Waals surface area contributed by atoms with Gasteiger partial charge in [-0.2, -0.15) is 0 Å². The number of carbonyl (C=O) groups is 1. The molecular weight excluding hydrogens is 136 g/mol. The van der Waals surface area contributed by atoms with Crippen molar-refractivity contribution >= 4 is 5.97 Å². The van der Waals surface area contributed by atoms with Crippen molar-refractivity contribution in [2.24, 2.45) is 0 Å². The van der Waals surface area contributed by atoms with Crippen LogP contribution in [0.15, 0.2) is 12.7 Å². The Morgan fingerprint density at radius 3 is 2.90 bits per heavy atom. The van der Waals surface area contributed by atoms with Gasteiger partial charge in [-0.05, 0) is 0 Å². The highest BCUT2D eigenvalue weighted by molar-refractivity contribution is 5.81. The van der Waals surface area contributed by atoms with Crippen molar-refractivity contribution in [2.45, 2.75) is 5.79 Å². The lowest BCUT2D eigenvalue weighted by Gasteiger charge is -2.06. The Balaban J connectivity index is 2.37. The number of aliphatic hydroxyl groups excluding tert-OH is 1. The highest BCUT2D eigenvalue weighted by atomic mass is 16.8. The maximum atomic E-state index is 10.5. The molecule has 0 bridgehead atoms. The SMILES string of the molecule is C=CC(=O)O[C@@]1(CO)CO1. The second-order valence-electron chi connectivity index (χ2n) is 1.98. The van der Waals surface area contributed by atoms with Gasteiger partial charge in [0.15, 0.2) is 0 Å². The van der Waals surface area contributed by atoms with Gasteiger partial charge in [0.25, 0.3) is 5.79 Å². The number of aliphatic hydroxyl groups is 1. The van der Waals surface area contributed by atoms with Crippen molar-refractivity contribution in [2.75, 3.05) is 13.2 Å². The van der Waals surface area contributed by atoms with Crippen molar-refractivity contribution in [3.8, 4) is 0 Å². The third-order valence-electron chi connectivity index (χ3n) is 1.16. The summed E-state index contributed by atoms with van der Waals surface area (Å²) in [6, 6.07) is 0. The van der Waals surface area contributed by atoms with Gasteiger partial charge in [0.2, 0.25) is 0 Å². The van der Waals surface area contributed by atoms with Crippen LogP contribution in [0.5, 0.6) is 0 Å². The standard InChI is InChI=1S/C6H8O4/c1-2-5(8)10-6(3-7)4-9-6/h2,7H,1,3-4H2/t6-/m0/s1. The number of esters is 1. The molecule has 0 saturated carbocycles. The summed E-state index contributed by atoms with van der Waals surface area (Å²) in [4.78, 5) is 10.5. The van der Waals surface area contributed by atoms with E-state index in [9.17, 15) is 4.79 Å². The highest BCUT2D eigenvalue weighted by Gasteiger charge is 2.48. The summed E-state index contributed by atoms with van der Waals surface area (Å²) in [5.74, 6) is -1.63. The minimum absolute atomic E-state index is 0.267. The summed E-state index contributed by atoms with van der Waals surface area (Å²) in [6.45, 7) is 3.16. The zero-order valence-electron chi connectivity index (χ0n) is 5.37. The molecule has 1 atom stereocenters. The molecule has 0 radical (unpaired) electrons. The summed E-state index contributed by atoms with van der Waals surface area (Å²) in [5.41, 5.74) is 0. The van der Waals surface area contributed by atoms with E-state index in [4.69, 9.17) is 5.11 Å². The van der Waals surface area contributed by atoms with Gasteiger partial charge in [-0.15, -0.1) is 0 Å². The fraction of sp³-hybridized carbons (Fsp3) is 0.500. The molecule has 4 heteroatoms. The predicted molar refractivity (Wildman–Crippen MR) is 32.1 cm³/mol. The van der Waals surface area contributed by atoms with Crippen molar-refractivity contribution < 1.29 is 19.4 Å². The van der Waals surface area contributed by atoms with E-state index in [1.165, 1.54) is 0 Å². The van der Waals surface area contributed by atoms with Gasteiger partial charge in [-0.25, -0.2) is 4.79 Å². The van der Waals surface area contributed by atoms with Gasteiger partial charge in [0.1, 0.15) is 13.2 Å². The Bertz CT molecular complexity index is 159. The Hall–Kier alpha value is -0.870. The van der Waals surface area contributed by atoms with E-state index in [-0.39, 0.29) is 13.2 Å². The zero-order chi connectivity index (χ0) is 7.61. The van der Waals surface area contributed by atoms with E-state index in [1.54, 1.807) is 0 Å². The van der Waals surface area contributed by atoms with Gasteiger partial charge in [-0.1, -0.05) is 6.58 Å². The summed E-state index contributed by atoms with van der Waals surface area (Å²) >= 11 is 0. The molecule has 1 rings (SSSR count). The monoisotopic (exact) mass is 144 g/mol. The summed E-state index contributed by atoms with van der Waals surface area (Å²) in [7, 11) is 0. The molecule has 0 aromatic rings. The van der Waals surface area contributed by atoms with E-state index >= 15 is 0 Å². The largest absolute Gasteiger partial charge is 0.425 e. The molecule has 1 saturated heterocycles. The molecule has 4 nitrogen and oxygen atoms in total. The van der Waals surface area contributed by atoms with Gasteiger partial charge in [-0.3, -0.25) is 0 Å². The molecule has 10 heavy (non-hydrogen) atoms. The van der Waals surface area contributed by atoms with Gasteiger partial charge >= 0.3 is 5.97 Å². The number of epoxide rings is 1. The van der Waals surface area contributed by atoms with E-state index in [0.29, 0.717) is 0 Å². The molecule has 1 fully saturated rings. The fourth-order valence-corrected chi connectivity index (χ4v) is 0.488. The van der Waals surface area contributed by atoms with E-state index in [1.807, 2.05) is 0 Å². The van der Waals surface area contributed by atoms with E-state index < -0.39 is 11.8 Å². The van der Waals surface area contributed by atoms with E-state index in [2.05, 4.69) is 16.1 Å². The molecule has 0 unspecified atom stereocenters. The Labute approximate surface area is 58.1 Å². The molecule has 0 aromatic heterocycles. The molecule has 1 aliphatic rings. The number of ether oxygens (including phenoxy) is 2. The van der Waals surface area contributed by atoms with Gasteiger partial charge in [0, 0.05) is 6.08 Å². The molecule has 0 aromatic carbocycles. The lowest BCUT2D eigenvalue weighted by atomic mass is 10.4. The smallest absolute Gasteiger partial charge is 0.332 e. The van der Waals surface area contributed by atoms with Crippen molar-refractivity contribution in [1.29, 1.82) is 0 Å². The number of carbonyl (C=O) groups excluding carboxylic acids is 1. The van der Waals surface area contributed by atoms with Crippen molar-refractivity contribution in [3.63, 3.8) is 0 Å². The average Bonchev–Trinajstić information content (AvgIpc) is 2.70. The first-order chi connectivity index (χ1) is 4.72. The topological polar surface area (TPSA) is 59.1 Å². The first-order valence-electron chi connectivity index (χ1n) is 2.83. The second-order valence-corrected chi connectivity index (χ2v) is 1.98. The minimum Gasteiger partial charge on any atom is -0.425 e. The Morgan fingerprint density at radius 1 is 2.00 bits per heavy atom.